The Bertz CT molecular complexity index is 648. The second-order valence-electron chi connectivity index (χ2n) is 4.19. The molecular weight excluding hydrogens is 248 g/mol. The highest BCUT2D eigenvalue weighted by Gasteiger charge is 2.18. The molecule has 1 aromatic carbocycles. The molecule has 1 aliphatic rings. The first-order valence-corrected chi connectivity index (χ1v) is 5.69. The predicted octanol–water partition coefficient (Wildman–Crippen LogP) is 2.15. The summed E-state index contributed by atoms with van der Waals surface area (Å²) in [6, 6.07) is 4.92. The Morgan fingerprint density at radius 3 is 2.68 bits per heavy atom. The summed E-state index contributed by atoms with van der Waals surface area (Å²) in [5.74, 6) is 1.52. The number of carbonyl (C=O) groups excluding carboxylic acids is 1. The van der Waals surface area contributed by atoms with Crippen molar-refractivity contribution in [1.29, 1.82) is 0 Å². The lowest BCUT2D eigenvalue weighted by Crippen LogP contribution is -2.12. The lowest BCUT2D eigenvalue weighted by Gasteiger charge is -2.08. The topological polar surface area (TPSA) is 86.7 Å². The lowest BCUT2D eigenvalue weighted by atomic mass is 10.2. The molecule has 0 atom stereocenters. The summed E-state index contributed by atoms with van der Waals surface area (Å²) >= 11 is 0. The maximum absolute atomic E-state index is 12.0. The number of nitrogen functional groups attached to an aromatic ring is 1. The van der Waals surface area contributed by atoms with Gasteiger partial charge in [0.1, 0.15) is 12.0 Å². The highest BCUT2D eigenvalue weighted by molar-refractivity contribution is 6.05. The molecule has 0 bridgehead atoms. The minimum absolute atomic E-state index is 0.160. The van der Waals surface area contributed by atoms with Gasteiger partial charge in [-0.15, -0.1) is 0 Å². The van der Waals surface area contributed by atoms with E-state index >= 15 is 0 Å². The summed E-state index contributed by atoms with van der Waals surface area (Å²) < 4.78 is 15.5. The van der Waals surface area contributed by atoms with Crippen LogP contribution in [0.4, 0.5) is 11.4 Å². The molecule has 0 radical (unpaired) electrons. The van der Waals surface area contributed by atoms with Crippen LogP contribution in [0.3, 0.4) is 0 Å². The molecule has 1 aliphatic heterocycles. The second-order valence-corrected chi connectivity index (χ2v) is 4.19. The average Bonchev–Trinajstić information content (AvgIpc) is 2.98. The van der Waals surface area contributed by atoms with Crippen LogP contribution >= 0.6 is 0 Å². The van der Waals surface area contributed by atoms with E-state index in [9.17, 15) is 4.79 Å². The molecule has 0 aliphatic carbocycles. The third-order valence-electron chi connectivity index (χ3n) is 2.79. The van der Waals surface area contributed by atoms with Gasteiger partial charge < -0.3 is 24.9 Å². The second kappa shape index (κ2) is 4.24. The Morgan fingerprint density at radius 1 is 1.26 bits per heavy atom. The van der Waals surface area contributed by atoms with Crippen LogP contribution in [0.2, 0.25) is 0 Å². The molecule has 2 heterocycles. The number of fused-ring (bicyclic) bond motifs is 1. The van der Waals surface area contributed by atoms with Crippen LogP contribution in [0.1, 0.15) is 16.1 Å². The van der Waals surface area contributed by atoms with Crippen LogP contribution in [0.5, 0.6) is 11.5 Å². The molecule has 6 nitrogen and oxygen atoms in total. The van der Waals surface area contributed by atoms with Gasteiger partial charge in [-0.3, -0.25) is 4.79 Å². The van der Waals surface area contributed by atoms with Crippen LogP contribution < -0.4 is 20.5 Å². The van der Waals surface area contributed by atoms with Gasteiger partial charge >= 0.3 is 0 Å². The van der Waals surface area contributed by atoms with Gasteiger partial charge in [0, 0.05) is 12.1 Å². The number of furan rings is 1. The molecule has 6 heteroatoms. The van der Waals surface area contributed by atoms with E-state index < -0.39 is 0 Å². The molecule has 1 amide bonds. The lowest BCUT2D eigenvalue weighted by molar-refractivity contribution is 0.102. The third kappa shape index (κ3) is 2.08. The maximum atomic E-state index is 12.0. The van der Waals surface area contributed by atoms with Gasteiger partial charge in [0.2, 0.25) is 6.79 Å². The number of nitrogens with two attached hydrogens (primary N) is 1. The summed E-state index contributed by atoms with van der Waals surface area (Å²) in [6.45, 7) is 1.93. The number of carbonyl (C=O) groups is 1. The Balaban J connectivity index is 1.85. The number of hydrogen-bond donors (Lipinski definition) is 2. The summed E-state index contributed by atoms with van der Waals surface area (Å²) in [5, 5.41) is 2.71. The molecule has 98 valence electrons. The first-order valence-electron chi connectivity index (χ1n) is 5.69. The maximum Gasteiger partial charge on any atom is 0.258 e. The molecule has 2 aromatic rings. The molecule has 3 rings (SSSR count). The number of hydrogen-bond acceptors (Lipinski definition) is 5. The SMILES string of the molecule is Cc1cc(C(=O)Nc2cc3c(cc2N)OCO3)co1. The minimum atomic E-state index is -0.289. The van der Waals surface area contributed by atoms with E-state index in [1.807, 2.05) is 0 Å². The van der Waals surface area contributed by atoms with E-state index in [0.29, 0.717) is 34.2 Å². The number of benzene rings is 1. The average molecular weight is 260 g/mol. The molecule has 0 spiro atoms. The van der Waals surface area contributed by atoms with E-state index in [4.69, 9.17) is 19.6 Å². The zero-order chi connectivity index (χ0) is 13.4. The number of ether oxygens (including phenoxy) is 2. The predicted molar refractivity (Wildman–Crippen MR) is 68.4 cm³/mol. The van der Waals surface area contributed by atoms with E-state index in [0.717, 1.165) is 0 Å². The van der Waals surface area contributed by atoms with Crippen molar-refractivity contribution in [2.45, 2.75) is 6.92 Å². The van der Waals surface area contributed by atoms with Crippen LogP contribution in [-0.2, 0) is 0 Å². The van der Waals surface area contributed by atoms with Crippen molar-refractivity contribution in [1.82, 2.24) is 0 Å². The third-order valence-corrected chi connectivity index (χ3v) is 2.79. The first kappa shape index (κ1) is 11.5. The summed E-state index contributed by atoms with van der Waals surface area (Å²) in [6.07, 6.45) is 1.40. The van der Waals surface area contributed by atoms with Gasteiger partial charge in [0.25, 0.3) is 5.91 Å². The number of nitrogens with one attached hydrogen (secondary N) is 1. The summed E-state index contributed by atoms with van der Waals surface area (Å²) in [4.78, 5) is 12.0. The monoisotopic (exact) mass is 260 g/mol. The van der Waals surface area contributed by atoms with Crippen LogP contribution in [0, 0.1) is 6.92 Å². The molecule has 3 N–H and O–H groups in total. The van der Waals surface area contributed by atoms with Gasteiger partial charge in [-0.1, -0.05) is 0 Å². The van der Waals surface area contributed by atoms with Crippen molar-refractivity contribution < 1.29 is 18.7 Å². The van der Waals surface area contributed by atoms with Crippen molar-refractivity contribution >= 4 is 17.3 Å². The normalized spacial score (nSPS) is 12.5. The van der Waals surface area contributed by atoms with Crippen molar-refractivity contribution in [2.24, 2.45) is 0 Å². The van der Waals surface area contributed by atoms with Crippen molar-refractivity contribution in [3.63, 3.8) is 0 Å². The Hall–Kier alpha value is -2.63. The van der Waals surface area contributed by atoms with Gasteiger partial charge in [-0.2, -0.15) is 0 Å². The molecule has 0 unspecified atom stereocenters. The summed E-state index contributed by atoms with van der Waals surface area (Å²) in [7, 11) is 0. The minimum Gasteiger partial charge on any atom is -0.469 e. The van der Waals surface area contributed by atoms with Crippen LogP contribution in [-0.4, -0.2) is 12.7 Å². The van der Waals surface area contributed by atoms with Gasteiger partial charge in [0.05, 0.1) is 16.9 Å². The van der Waals surface area contributed by atoms with Crippen LogP contribution in [0.15, 0.2) is 28.9 Å². The van der Waals surface area contributed by atoms with Crippen molar-refractivity contribution in [3.05, 3.63) is 35.8 Å². The Kier molecular flexibility index (Phi) is 2.56. The number of rotatable bonds is 2. The quantitative estimate of drug-likeness (QED) is 0.808. The fourth-order valence-electron chi connectivity index (χ4n) is 1.82. The highest BCUT2D eigenvalue weighted by Crippen LogP contribution is 2.38. The Morgan fingerprint density at radius 2 is 2.00 bits per heavy atom. The fourth-order valence-corrected chi connectivity index (χ4v) is 1.82. The zero-order valence-corrected chi connectivity index (χ0v) is 10.2. The molecular formula is C13H12N2O4. The first-order chi connectivity index (χ1) is 9.13. The van der Waals surface area contributed by atoms with E-state index in [-0.39, 0.29) is 12.7 Å². The number of amides is 1. The smallest absolute Gasteiger partial charge is 0.258 e. The van der Waals surface area contributed by atoms with Crippen molar-refractivity contribution in [2.75, 3.05) is 17.8 Å². The number of anilines is 2. The van der Waals surface area contributed by atoms with Gasteiger partial charge in [0.15, 0.2) is 11.5 Å². The van der Waals surface area contributed by atoms with Gasteiger partial charge in [-0.05, 0) is 13.0 Å². The van der Waals surface area contributed by atoms with E-state index in [1.165, 1.54) is 6.26 Å². The largest absolute Gasteiger partial charge is 0.469 e. The Labute approximate surface area is 109 Å². The highest BCUT2D eigenvalue weighted by atomic mass is 16.7. The molecule has 0 saturated carbocycles. The fraction of sp³-hybridized carbons (Fsp3) is 0.154. The van der Waals surface area contributed by atoms with Crippen LogP contribution in [0.25, 0.3) is 0 Å². The zero-order valence-electron chi connectivity index (χ0n) is 10.2. The molecule has 0 fully saturated rings. The molecule has 19 heavy (non-hydrogen) atoms. The molecule has 1 aromatic heterocycles. The van der Waals surface area contributed by atoms with E-state index in [2.05, 4.69) is 5.32 Å². The molecule has 0 saturated heterocycles. The standard InChI is InChI=1S/C13H12N2O4/c1-7-2-8(5-17-7)13(16)15-10-4-12-11(3-9(10)14)18-6-19-12/h2-5H,6,14H2,1H3,(H,15,16). The van der Waals surface area contributed by atoms with E-state index in [1.54, 1.807) is 25.1 Å². The number of aryl methyl sites for hydroxylation is 1. The summed E-state index contributed by atoms with van der Waals surface area (Å²) in [5.41, 5.74) is 7.19. The van der Waals surface area contributed by atoms with Crippen molar-refractivity contribution in [3.8, 4) is 11.5 Å². The van der Waals surface area contributed by atoms with Gasteiger partial charge in [-0.25, -0.2) is 0 Å².